The average Bonchev–Trinajstić information content (AvgIpc) is 2.48. The lowest BCUT2D eigenvalue weighted by Crippen LogP contribution is -2.56. The second-order valence-electron chi connectivity index (χ2n) is 3.01. The molecule has 0 aliphatic heterocycles. The van der Waals surface area contributed by atoms with Gasteiger partial charge in [0.25, 0.3) is 0 Å². The van der Waals surface area contributed by atoms with Crippen LogP contribution in [0.1, 0.15) is 5.56 Å². The van der Waals surface area contributed by atoms with Crippen molar-refractivity contribution in [1.82, 2.24) is 9.78 Å². The summed E-state index contributed by atoms with van der Waals surface area (Å²) in [6, 6.07) is 0. The van der Waals surface area contributed by atoms with Crippen LogP contribution in [0.4, 0.5) is 13.2 Å². The number of carboxylic acid groups (broad SMARTS) is 1. The number of hydrogen-bond donors (Lipinski definition) is 2. The molecule has 0 aliphatic rings. The van der Waals surface area contributed by atoms with Crippen molar-refractivity contribution in [1.29, 1.82) is 0 Å². The van der Waals surface area contributed by atoms with Gasteiger partial charge in [-0.2, -0.15) is 18.3 Å². The molecule has 0 saturated carbocycles. The van der Waals surface area contributed by atoms with Gasteiger partial charge in [0.1, 0.15) is 0 Å². The maximum Gasteiger partial charge on any atom is 0.421 e. The van der Waals surface area contributed by atoms with E-state index in [2.05, 4.69) is 5.10 Å². The fourth-order valence-corrected chi connectivity index (χ4v) is 1.03. The van der Waals surface area contributed by atoms with Gasteiger partial charge in [0.2, 0.25) is 5.54 Å². The molecule has 1 aromatic rings. The van der Waals surface area contributed by atoms with E-state index in [-0.39, 0.29) is 0 Å². The predicted octanol–water partition coefficient (Wildman–Crippen LogP) is 0.221. The van der Waals surface area contributed by atoms with Crippen LogP contribution in [0.2, 0.25) is 0 Å². The summed E-state index contributed by atoms with van der Waals surface area (Å²) in [6.07, 6.45) is -3.38. The molecule has 5 nitrogen and oxygen atoms in total. The number of aromatic nitrogens is 2. The first-order valence-electron chi connectivity index (χ1n) is 3.77. The lowest BCUT2D eigenvalue weighted by atomic mass is 9.93. The number of carbonyl (C=O) groups is 1. The van der Waals surface area contributed by atoms with Gasteiger partial charge in [0.15, 0.2) is 0 Å². The summed E-state index contributed by atoms with van der Waals surface area (Å²) >= 11 is 0. The van der Waals surface area contributed by atoms with E-state index in [1.165, 1.54) is 7.05 Å². The Labute approximate surface area is 82.3 Å². The third-order valence-electron chi connectivity index (χ3n) is 1.94. The lowest BCUT2D eigenvalue weighted by molar-refractivity contribution is -0.204. The highest BCUT2D eigenvalue weighted by Crippen LogP contribution is 2.36. The molecule has 3 N–H and O–H groups in total. The molecule has 0 fully saturated rings. The molecule has 0 aliphatic carbocycles. The Hall–Kier alpha value is -1.57. The zero-order valence-corrected chi connectivity index (χ0v) is 7.62. The van der Waals surface area contributed by atoms with Crippen molar-refractivity contribution in [3.63, 3.8) is 0 Å². The summed E-state index contributed by atoms with van der Waals surface area (Å²) in [5.74, 6) is -2.16. The van der Waals surface area contributed by atoms with Crippen LogP contribution in [-0.2, 0) is 17.4 Å². The van der Waals surface area contributed by atoms with Gasteiger partial charge in [-0.25, -0.2) is 4.79 Å². The molecule has 1 unspecified atom stereocenters. The van der Waals surface area contributed by atoms with Crippen LogP contribution in [0.5, 0.6) is 0 Å². The van der Waals surface area contributed by atoms with E-state index in [1.54, 1.807) is 0 Å². The molecule has 0 spiro atoms. The van der Waals surface area contributed by atoms with E-state index < -0.39 is 23.2 Å². The van der Waals surface area contributed by atoms with Gasteiger partial charge in [-0.05, 0) is 0 Å². The Morgan fingerprint density at radius 1 is 1.60 bits per heavy atom. The Balaban J connectivity index is 3.31. The smallest absolute Gasteiger partial charge is 0.421 e. The van der Waals surface area contributed by atoms with Gasteiger partial charge in [-0.15, -0.1) is 0 Å². The van der Waals surface area contributed by atoms with Gasteiger partial charge in [-0.3, -0.25) is 4.68 Å². The van der Waals surface area contributed by atoms with Gasteiger partial charge in [0, 0.05) is 18.8 Å². The SMILES string of the molecule is Cn1cc(C(N)(C(=O)O)C(F)(F)F)cn1. The minimum absolute atomic E-state index is 0.606. The largest absolute Gasteiger partial charge is 0.479 e. The van der Waals surface area contributed by atoms with E-state index in [4.69, 9.17) is 10.8 Å². The minimum atomic E-state index is -5.08. The van der Waals surface area contributed by atoms with Crippen LogP contribution >= 0.6 is 0 Å². The van der Waals surface area contributed by atoms with E-state index in [0.29, 0.717) is 0 Å². The highest BCUT2D eigenvalue weighted by Gasteiger charge is 2.60. The molecule has 84 valence electrons. The molecule has 0 aromatic carbocycles. The van der Waals surface area contributed by atoms with Crippen LogP contribution in [0.25, 0.3) is 0 Å². The number of alkyl halides is 3. The van der Waals surface area contributed by atoms with Gasteiger partial charge >= 0.3 is 12.1 Å². The lowest BCUT2D eigenvalue weighted by Gasteiger charge is -2.25. The van der Waals surface area contributed by atoms with Crippen molar-refractivity contribution in [3.05, 3.63) is 18.0 Å². The number of nitrogens with zero attached hydrogens (tertiary/aromatic N) is 2. The molecular formula is C7H8F3N3O2. The highest BCUT2D eigenvalue weighted by molar-refractivity contribution is 5.81. The van der Waals surface area contributed by atoms with Crippen LogP contribution in [0.15, 0.2) is 12.4 Å². The van der Waals surface area contributed by atoms with E-state index in [0.717, 1.165) is 17.1 Å². The molecule has 0 saturated heterocycles. The maximum absolute atomic E-state index is 12.5. The van der Waals surface area contributed by atoms with Crippen LogP contribution < -0.4 is 5.73 Å². The Kier molecular flexibility index (Phi) is 2.48. The molecule has 1 heterocycles. The topological polar surface area (TPSA) is 81.1 Å². The Morgan fingerprint density at radius 3 is 2.40 bits per heavy atom. The third-order valence-corrected chi connectivity index (χ3v) is 1.94. The molecule has 0 radical (unpaired) electrons. The minimum Gasteiger partial charge on any atom is -0.479 e. The zero-order valence-electron chi connectivity index (χ0n) is 7.62. The molecule has 15 heavy (non-hydrogen) atoms. The zero-order chi connectivity index (χ0) is 11.9. The summed E-state index contributed by atoms with van der Waals surface area (Å²) in [6.45, 7) is 0. The monoisotopic (exact) mass is 223 g/mol. The number of nitrogens with two attached hydrogens (primary N) is 1. The van der Waals surface area contributed by atoms with Crippen LogP contribution in [-0.4, -0.2) is 27.0 Å². The molecule has 1 rings (SSSR count). The standard InChI is InChI=1S/C7H8F3N3O2/c1-13-3-4(2-12-13)6(11,5(14)15)7(8,9)10/h2-3H,11H2,1H3,(H,14,15). The van der Waals surface area contributed by atoms with Crippen LogP contribution in [0, 0.1) is 0 Å². The van der Waals surface area contributed by atoms with Crippen molar-refractivity contribution in [2.45, 2.75) is 11.7 Å². The number of aliphatic carboxylic acids is 1. The second-order valence-corrected chi connectivity index (χ2v) is 3.01. The van der Waals surface area contributed by atoms with Crippen molar-refractivity contribution >= 4 is 5.97 Å². The van der Waals surface area contributed by atoms with Crippen molar-refractivity contribution in [2.24, 2.45) is 12.8 Å². The number of halogens is 3. The first kappa shape index (κ1) is 11.5. The molecule has 0 bridgehead atoms. The molecule has 8 heteroatoms. The Morgan fingerprint density at radius 2 is 2.13 bits per heavy atom. The average molecular weight is 223 g/mol. The predicted molar refractivity (Wildman–Crippen MR) is 42.8 cm³/mol. The van der Waals surface area contributed by atoms with E-state index in [9.17, 15) is 18.0 Å². The fraction of sp³-hybridized carbons (Fsp3) is 0.429. The third kappa shape index (κ3) is 1.67. The van der Waals surface area contributed by atoms with E-state index in [1.807, 2.05) is 0 Å². The summed E-state index contributed by atoms with van der Waals surface area (Å²) in [4.78, 5) is 10.6. The first-order valence-corrected chi connectivity index (χ1v) is 3.77. The van der Waals surface area contributed by atoms with Gasteiger partial charge in [0.05, 0.1) is 6.20 Å². The van der Waals surface area contributed by atoms with Gasteiger partial charge < -0.3 is 10.8 Å². The van der Waals surface area contributed by atoms with Crippen molar-refractivity contribution < 1.29 is 23.1 Å². The van der Waals surface area contributed by atoms with Crippen molar-refractivity contribution in [3.8, 4) is 0 Å². The normalized spacial score (nSPS) is 16.1. The number of rotatable bonds is 2. The van der Waals surface area contributed by atoms with Gasteiger partial charge in [-0.1, -0.05) is 0 Å². The number of aryl methyl sites for hydroxylation is 1. The summed E-state index contributed by atoms with van der Waals surface area (Å²) in [7, 11) is 1.36. The fourth-order valence-electron chi connectivity index (χ4n) is 1.03. The summed E-state index contributed by atoms with van der Waals surface area (Å²) < 4.78 is 38.6. The summed E-state index contributed by atoms with van der Waals surface area (Å²) in [5.41, 5.74) is 0.853. The molecule has 1 atom stereocenters. The molecular weight excluding hydrogens is 215 g/mol. The quantitative estimate of drug-likeness (QED) is 0.751. The Bertz CT molecular complexity index is 387. The number of carboxylic acids is 1. The van der Waals surface area contributed by atoms with Crippen LogP contribution in [0.3, 0.4) is 0 Å². The second kappa shape index (κ2) is 3.23. The molecule has 0 amide bonds. The number of hydrogen-bond acceptors (Lipinski definition) is 3. The van der Waals surface area contributed by atoms with Crippen molar-refractivity contribution in [2.75, 3.05) is 0 Å². The van der Waals surface area contributed by atoms with E-state index >= 15 is 0 Å². The highest BCUT2D eigenvalue weighted by atomic mass is 19.4. The maximum atomic E-state index is 12.5. The summed E-state index contributed by atoms with van der Waals surface area (Å²) in [5, 5.41) is 12.0. The first-order chi connectivity index (χ1) is 6.69. The molecule has 1 aromatic heterocycles.